The van der Waals surface area contributed by atoms with E-state index in [0.717, 1.165) is 30.0 Å². The van der Waals surface area contributed by atoms with E-state index in [1.807, 2.05) is 35.8 Å². The van der Waals surface area contributed by atoms with Gasteiger partial charge in [0.25, 0.3) is 0 Å². The van der Waals surface area contributed by atoms with E-state index in [1.165, 1.54) is 5.56 Å². The molecule has 4 nitrogen and oxygen atoms in total. The Kier molecular flexibility index (Phi) is 5.72. The summed E-state index contributed by atoms with van der Waals surface area (Å²) in [4.78, 5) is 29.0. The summed E-state index contributed by atoms with van der Waals surface area (Å²) in [7, 11) is 1.91. The molecule has 2 aliphatic rings. The Morgan fingerprint density at radius 3 is 2.44 bits per heavy atom. The average Bonchev–Trinajstić information content (AvgIpc) is 3.03. The highest BCUT2D eigenvalue weighted by atomic mass is 32.2. The molecule has 1 unspecified atom stereocenters. The van der Waals surface area contributed by atoms with Crippen LogP contribution in [0.25, 0.3) is 0 Å². The van der Waals surface area contributed by atoms with Crippen LogP contribution in [0.4, 0.5) is 5.69 Å². The predicted octanol–water partition coefficient (Wildman–Crippen LogP) is 3.52. The Labute approximate surface area is 154 Å². The van der Waals surface area contributed by atoms with Crippen LogP contribution in [0.1, 0.15) is 44.6 Å². The molecule has 1 atom stereocenters. The highest BCUT2D eigenvalue weighted by Gasteiger charge is 2.38. The molecule has 2 heterocycles. The molecule has 5 heteroatoms. The van der Waals surface area contributed by atoms with Gasteiger partial charge in [0, 0.05) is 31.7 Å². The van der Waals surface area contributed by atoms with E-state index < -0.39 is 0 Å². The summed E-state index contributed by atoms with van der Waals surface area (Å²) in [5.41, 5.74) is 2.17. The lowest BCUT2D eigenvalue weighted by molar-refractivity contribution is -0.136. The van der Waals surface area contributed by atoms with Crippen molar-refractivity contribution in [1.29, 1.82) is 0 Å². The second-order valence-corrected chi connectivity index (χ2v) is 8.67. The van der Waals surface area contributed by atoms with Crippen molar-refractivity contribution in [3.63, 3.8) is 0 Å². The number of rotatable bonds is 4. The molecule has 2 fully saturated rings. The van der Waals surface area contributed by atoms with Crippen LogP contribution in [0.15, 0.2) is 24.3 Å². The lowest BCUT2D eigenvalue weighted by Gasteiger charge is -2.32. The molecule has 0 saturated carbocycles. The van der Waals surface area contributed by atoms with Crippen molar-refractivity contribution < 1.29 is 9.59 Å². The van der Waals surface area contributed by atoms with Gasteiger partial charge in [-0.3, -0.25) is 9.59 Å². The summed E-state index contributed by atoms with van der Waals surface area (Å²) in [6.45, 7) is 4.82. The van der Waals surface area contributed by atoms with Crippen LogP contribution in [0.2, 0.25) is 0 Å². The van der Waals surface area contributed by atoms with Crippen LogP contribution in [0, 0.1) is 5.92 Å². The molecule has 0 bridgehead atoms. The molecule has 0 N–H and O–H groups in total. The van der Waals surface area contributed by atoms with Crippen molar-refractivity contribution in [1.82, 2.24) is 4.90 Å². The Morgan fingerprint density at radius 1 is 1.20 bits per heavy atom. The van der Waals surface area contributed by atoms with Gasteiger partial charge in [0.15, 0.2) is 0 Å². The third-order valence-electron chi connectivity index (χ3n) is 5.43. The van der Waals surface area contributed by atoms with Crippen LogP contribution < -0.4 is 4.90 Å². The standard InChI is InChI=1S/C20H28N2O2S/c1-14(2)15-4-6-18(7-5-15)22-13-16(12-19(22)23)20(24)21(3)17-8-10-25-11-9-17/h4-7,14,16-17H,8-13H2,1-3H3. The molecule has 3 rings (SSSR count). The van der Waals surface area contributed by atoms with E-state index in [-0.39, 0.29) is 17.7 Å². The topological polar surface area (TPSA) is 40.6 Å². The first kappa shape index (κ1) is 18.3. The molecule has 0 aliphatic carbocycles. The third-order valence-corrected chi connectivity index (χ3v) is 6.48. The quantitative estimate of drug-likeness (QED) is 0.825. The van der Waals surface area contributed by atoms with Gasteiger partial charge < -0.3 is 9.80 Å². The zero-order chi connectivity index (χ0) is 18.0. The first-order valence-electron chi connectivity index (χ1n) is 9.22. The molecule has 0 aromatic heterocycles. The zero-order valence-electron chi connectivity index (χ0n) is 15.4. The Hall–Kier alpha value is -1.49. The number of anilines is 1. The number of benzene rings is 1. The molecule has 2 aliphatic heterocycles. The molecule has 1 aromatic carbocycles. The number of hydrogen-bond donors (Lipinski definition) is 0. The van der Waals surface area contributed by atoms with Crippen LogP contribution in [-0.2, 0) is 9.59 Å². The molecule has 136 valence electrons. The zero-order valence-corrected chi connectivity index (χ0v) is 16.2. The second kappa shape index (κ2) is 7.81. The number of carbonyl (C=O) groups is 2. The van der Waals surface area contributed by atoms with Crippen molar-refractivity contribution >= 4 is 29.3 Å². The van der Waals surface area contributed by atoms with E-state index in [0.29, 0.717) is 24.9 Å². The van der Waals surface area contributed by atoms with E-state index >= 15 is 0 Å². The monoisotopic (exact) mass is 360 g/mol. The van der Waals surface area contributed by atoms with Crippen LogP contribution in [-0.4, -0.2) is 47.9 Å². The van der Waals surface area contributed by atoms with Crippen LogP contribution in [0.3, 0.4) is 0 Å². The van der Waals surface area contributed by atoms with Gasteiger partial charge in [0.05, 0.1) is 5.92 Å². The Bertz CT molecular complexity index is 623. The van der Waals surface area contributed by atoms with E-state index in [1.54, 1.807) is 4.90 Å². The number of nitrogens with zero attached hydrogens (tertiary/aromatic N) is 2. The summed E-state index contributed by atoms with van der Waals surface area (Å²) in [5, 5.41) is 0. The van der Waals surface area contributed by atoms with Crippen LogP contribution in [0.5, 0.6) is 0 Å². The van der Waals surface area contributed by atoms with Gasteiger partial charge in [0.2, 0.25) is 11.8 Å². The van der Waals surface area contributed by atoms with Crippen molar-refractivity contribution in [2.45, 2.75) is 45.1 Å². The van der Waals surface area contributed by atoms with Gasteiger partial charge in [-0.2, -0.15) is 11.8 Å². The number of carbonyl (C=O) groups excluding carboxylic acids is 2. The summed E-state index contributed by atoms with van der Waals surface area (Å²) in [5.74, 6) is 2.70. The first-order valence-corrected chi connectivity index (χ1v) is 10.4. The fraction of sp³-hybridized carbons (Fsp3) is 0.600. The summed E-state index contributed by atoms with van der Waals surface area (Å²) >= 11 is 1.96. The predicted molar refractivity (Wildman–Crippen MR) is 104 cm³/mol. The van der Waals surface area contributed by atoms with Gasteiger partial charge in [-0.15, -0.1) is 0 Å². The maximum atomic E-state index is 12.9. The summed E-state index contributed by atoms with van der Waals surface area (Å²) < 4.78 is 0. The fourth-order valence-corrected chi connectivity index (χ4v) is 4.78. The first-order chi connectivity index (χ1) is 12.0. The third kappa shape index (κ3) is 4.02. The normalized spacial score (nSPS) is 21.8. The minimum absolute atomic E-state index is 0.0586. The molecule has 0 radical (unpaired) electrons. The van der Waals surface area contributed by atoms with Crippen LogP contribution >= 0.6 is 11.8 Å². The molecule has 2 saturated heterocycles. The highest BCUT2D eigenvalue weighted by molar-refractivity contribution is 7.99. The maximum Gasteiger partial charge on any atom is 0.228 e. The number of hydrogen-bond acceptors (Lipinski definition) is 3. The van der Waals surface area contributed by atoms with Gasteiger partial charge in [0.1, 0.15) is 0 Å². The second-order valence-electron chi connectivity index (χ2n) is 7.44. The molecule has 1 aromatic rings. The van der Waals surface area contributed by atoms with Gasteiger partial charge >= 0.3 is 0 Å². The molecular formula is C20H28N2O2S. The molecule has 25 heavy (non-hydrogen) atoms. The van der Waals surface area contributed by atoms with E-state index in [4.69, 9.17) is 0 Å². The van der Waals surface area contributed by atoms with Crippen molar-refractivity contribution in [3.8, 4) is 0 Å². The Balaban J connectivity index is 1.66. The van der Waals surface area contributed by atoms with Crippen molar-refractivity contribution in [2.24, 2.45) is 5.92 Å². The molecular weight excluding hydrogens is 332 g/mol. The summed E-state index contributed by atoms with van der Waals surface area (Å²) in [6, 6.07) is 8.50. The van der Waals surface area contributed by atoms with Gasteiger partial charge in [-0.25, -0.2) is 0 Å². The SMILES string of the molecule is CC(C)c1ccc(N2CC(C(=O)N(C)C3CCSCC3)CC2=O)cc1. The van der Waals surface area contributed by atoms with E-state index in [2.05, 4.69) is 26.0 Å². The minimum Gasteiger partial charge on any atom is -0.342 e. The largest absolute Gasteiger partial charge is 0.342 e. The Morgan fingerprint density at radius 2 is 1.84 bits per heavy atom. The lowest BCUT2D eigenvalue weighted by Crippen LogP contribution is -2.43. The van der Waals surface area contributed by atoms with Gasteiger partial charge in [-0.05, 0) is 48.0 Å². The minimum atomic E-state index is -0.211. The summed E-state index contributed by atoms with van der Waals surface area (Å²) in [6.07, 6.45) is 2.46. The highest BCUT2D eigenvalue weighted by Crippen LogP contribution is 2.29. The molecule has 0 spiro atoms. The fourth-order valence-electron chi connectivity index (χ4n) is 3.70. The van der Waals surface area contributed by atoms with Crippen molar-refractivity contribution in [3.05, 3.63) is 29.8 Å². The van der Waals surface area contributed by atoms with Gasteiger partial charge in [-0.1, -0.05) is 26.0 Å². The van der Waals surface area contributed by atoms with Crippen molar-refractivity contribution in [2.75, 3.05) is 30.0 Å². The number of thioether (sulfide) groups is 1. The average molecular weight is 361 g/mol. The maximum absolute atomic E-state index is 12.9. The van der Waals surface area contributed by atoms with E-state index in [9.17, 15) is 9.59 Å². The number of amides is 2. The lowest BCUT2D eigenvalue weighted by atomic mass is 10.0. The smallest absolute Gasteiger partial charge is 0.228 e. The molecule has 2 amide bonds.